The third-order valence-electron chi connectivity index (χ3n) is 5.90. The molecule has 184 valence electrons. The minimum atomic E-state index is -1.48. The maximum Gasteiger partial charge on any atom is 0.251 e. The minimum Gasteiger partial charge on any atom is -0.494 e. The van der Waals surface area contributed by atoms with Crippen molar-refractivity contribution in [1.82, 2.24) is 10.3 Å². The van der Waals surface area contributed by atoms with Crippen LogP contribution in [0.25, 0.3) is 11.3 Å². The first-order valence-corrected chi connectivity index (χ1v) is 11.4. The predicted molar refractivity (Wildman–Crippen MR) is 129 cm³/mol. The highest BCUT2D eigenvalue weighted by Gasteiger charge is 2.28. The number of methoxy groups -OCH3 is 2. The standard InChI is InChI=1S/C27H29FN2O5/c1-16-13-17(5-9-20(16)28)25-22(33-3)11-12-24(30-25)27(2,32)15-29-26(31)18-6-10-21(23(14-18)34-4)35-19-7-8-19/h5-6,9-14,19,32H,7-8,15H2,1-4H3,(H,29,31). The molecule has 1 unspecified atom stereocenters. The van der Waals surface area contributed by atoms with Gasteiger partial charge in [-0.25, -0.2) is 9.37 Å². The molecule has 1 fully saturated rings. The van der Waals surface area contributed by atoms with Crippen molar-refractivity contribution in [3.05, 3.63) is 71.2 Å². The topological polar surface area (TPSA) is 89.9 Å². The van der Waals surface area contributed by atoms with E-state index in [0.29, 0.717) is 45.3 Å². The molecule has 1 aromatic heterocycles. The Morgan fingerprint density at radius 3 is 2.46 bits per heavy atom. The van der Waals surface area contributed by atoms with Crippen LogP contribution in [0.1, 0.15) is 41.4 Å². The molecule has 1 aliphatic rings. The van der Waals surface area contributed by atoms with Crippen LogP contribution in [0.3, 0.4) is 0 Å². The van der Waals surface area contributed by atoms with Crippen molar-refractivity contribution in [3.8, 4) is 28.5 Å². The van der Waals surface area contributed by atoms with E-state index in [1.54, 1.807) is 56.3 Å². The van der Waals surface area contributed by atoms with Crippen LogP contribution >= 0.6 is 0 Å². The summed E-state index contributed by atoms with van der Waals surface area (Å²) in [4.78, 5) is 17.4. The second kappa shape index (κ2) is 9.92. The molecule has 7 nitrogen and oxygen atoms in total. The first kappa shape index (κ1) is 24.5. The third kappa shape index (κ3) is 5.54. The molecule has 2 N–H and O–H groups in total. The second-order valence-electron chi connectivity index (χ2n) is 8.85. The van der Waals surface area contributed by atoms with Crippen molar-refractivity contribution in [2.75, 3.05) is 20.8 Å². The van der Waals surface area contributed by atoms with Crippen molar-refractivity contribution in [1.29, 1.82) is 0 Å². The summed E-state index contributed by atoms with van der Waals surface area (Å²) < 4.78 is 30.4. The molecular weight excluding hydrogens is 451 g/mol. The molecule has 0 radical (unpaired) electrons. The molecule has 0 aliphatic heterocycles. The number of aromatic nitrogens is 1. The molecule has 1 amide bonds. The van der Waals surface area contributed by atoms with Gasteiger partial charge in [0.2, 0.25) is 0 Å². The maximum absolute atomic E-state index is 13.8. The van der Waals surface area contributed by atoms with E-state index in [0.717, 1.165) is 12.8 Å². The monoisotopic (exact) mass is 480 g/mol. The van der Waals surface area contributed by atoms with Crippen molar-refractivity contribution < 1.29 is 28.5 Å². The van der Waals surface area contributed by atoms with Gasteiger partial charge in [0.25, 0.3) is 5.91 Å². The van der Waals surface area contributed by atoms with Crippen LogP contribution < -0.4 is 19.5 Å². The van der Waals surface area contributed by atoms with Gasteiger partial charge >= 0.3 is 0 Å². The molecule has 0 spiro atoms. The first-order valence-electron chi connectivity index (χ1n) is 11.4. The summed E-state index contributed by atoms with van der Waals surface area (Å²) >= 11 is 0. The van der Waals surface area contributed by atoms with Gasteiger partial charge in [-0.2, -0.15) is 0 Å². The van der Waals surface area contributed by atoms with Crippen molar-refractivity contribution >= 4 is 5.91 Å². The number of ether oxygens (including phenoxy) is 3. The number of aliphatic hydroxyl groups is 1. The molecule has 1 saturated carbocycles. The average molecular weight is 481 g/mol. The Kier molecular flexibility index (Phi) is 6.93. The van der Waals surface area contributed by atoms with E-state index in [1.165, 1.54) is 20.3 Å². The number of halogens is 1. The highest BCUT2D eigenvalue weighted by molar-refractivity contribution is 5.95. The van der Waals surface area contributed by atoms with Gasteiger partial charge in [-0.1, -0.05) is 0 Å². The van der Waals surface area contributed by atoms with Crippen LogP contribution in [0.4, 0.5) is 4.39 Å². The quantitative estimate of drug-likeness (QED) is 0.472. The lowest BCUT2D eigenvalue weighted by Crippen LogP contribution is -2.39. The van der Waals surface area contributed by atoms with Crippen molar-refractivity contribution in [2.45, 2.75) is 38.4 Å². The van der Waals surface area contributed by atoms with Gasteiger partial charge in [0.1, 0.15) is 22.9 Å². The molecule has 2 aromatic carbocycles. The van der Waals surface area contributed by atoms with E-state index in [2.05, 4.69) is 10.3 Å². The molecule has 1 heterocycles. The number of nitrogens with one attached hydrogen (secondary N) is 1. The molecule has 1 aliphatic carbocycles. The molecule has 0 saturated heterocycles. The summed E-state index contributed by atoms with van der Waals surface area (Å²) in [6, 6.07) is 13.0. The van der Waals surface area contributed by atoms with Gasteiger partial charge in [-0.3, -0.25) is 4.79 Å². The Hall–Kier alpha value is -3.65. The Balaban J connectivity index is 1.51. The number of hydrogen-bond acceptors (Lipinski definition) is 6. The molecular formula is C27H29FN2O5. The molecule has 35 heavy (non-hydrogen) atoms. The number of nitrogens with zero attached hydrogens (tertiary/aromatic N) is 1. The van der Waals surface area contributed by atoms with Gasteiger partial charge < -0.3 is 24.6 Å². The van der Waals surface area contributed by atoms with Crippen LogP contribution in [0.15, 0.2) is 48.5 Å². The Bertz CT molecular complexity index is 1240. The molecule has 1 atom stereocenters. The second-order valence-corrected chi connectivity index (χ2v) is 8.85. The van der Waals surface area contributed by atoms with Gasteiger partial charge in [0.15, 0.2) is 11.5 Å². The number of carbonyl (C=O) groups excluding carboxylic acids is 1. The van der Waals surface area contributed by atoms with E-state index in [-0.39, 0.29) is 24.4 Å². The van der Waals surface area contributed by atoms with Gasteiger partial charge in [-0.15, -0.1) is 0 Å². The van der Waals surface area contributed by atoms with Crippen LogP contribution in [0, 0.1) is 12.7 Å². The van der Waals surface area contributed by atoms with Crippen LogP contribution in [-0.2, 0) is 5.60 Å². The minimum absolute atomic E-state index is 0.0876. The predicted octanol–water partition coefficient (Wildman–Crippen LogP) is 4.39. The number of benzene rings is 2. The van der Waals surface area contributed by atoms with Crippen molar-refractivity contribution in [3.63, 3.8) is 0 Å². The fourth-order valence-electron chi connectivity index (χ4n) is 3.63. The number of amides is 1. The smallest absolute Gasteiger partial charge is 0.251 e. The fraction of sp³-hybridized carbons (Fsp3) is 0.333. The highest BCUT2D eigenvalue weighted by atomic mass is 19.1. The van der Waals surface area contributed by atoms with Crippen LogP contribution in [-0.4, -0.2) is 42.9 Å². The van der Waals surface area contributed by atoms with Crippen LogP contribution in [0.5, 0.6) is 17.2 Å². The summed E-state index contributed by atoms with van der Waals surface area (Å²) in [5, 5.41) is 13.9. The summed E-state index contributed by atoms with van der Waals surface area (Å²) in [7, 11) is 3.04. The van der Waals surface area contributed by atoms with E-state index in [4.69, 9.17) is 14.2 Å². The Morgan fingerprint density at radius 1 is 1.09 bits per heavy atom. The van der Waals surface area contributed by atoms with E-state index >= 15 is 0 Å². The summed E-state index contributed by atoms with van der Waals surface area (Å²) in [6.07, 6.45) is 2.24. The first-order chi connectivity index (χ1) is 16.7. The Morgan fingerprint density at radius 2 is 1.80 bits per heavy atom. The molecule has 3 aromatic rings. The third-order valence-corrected chi connectivity index (χ3v) is 5.90. The number of pyridine rings is 1. The van der Waals surface area contributed by atoms with Gasteiger partial charge in [0, 0.05) is 11.1 Å². The molecule has 4 rings (SSSR count). The Labute approximate surface area is 203 Å². The normalized spacial score (nSPS) is 14.7. The summed E-state index contributed by atoms with van der Waals surface area (Å²) in [6.45, 7) is 3.14. The molecule has 8 heteroatoms. The summed E-state index contributed by atoms with van der Waals surface area (Å²) in [5.41, 5.74) is 0.830. The highest BCUT2D eigenvalue weighted by Crippen LogP contribution is 2.35. The SMILES string of the molecule is COc1cc(C(=O)NCC(C)(O)c2ccc(OC)c(-c3ccc(F)c(C)c3)n2)ccc1OC1CC1. The van der Waals surface area contributed by atoms with E-state index in [1.807, 2.05) is 0 Å². The number of rotatable bonds is 9. The maximum atomic E-state index is 13.8. The number of carbonyl (C=O) groups is 1. The van der Waals surface area contributed by atoms with E-state index in [9.17, 15) is 14.3 Å². The lowest BCUT2D eigenvalue weighted by molar-refractivity contribution is 0.0489. The van der Waals surface area contributed by atoms with Gasteiger partial charge in [0.05, 0.1) is 32.6 Å². The zero-order chi connectivity index (χ0) is 25.2. The lowest BCUT2D eigenvalue weighted by atomic mass is 9.99. The largest absolute Gasteiger partial charge is 0.494 e. The zero-order valence-corrected chi connectivity index (χ0v) is 20.2. The van der Waals surface area contributed by atoms with Crippen molar-refractivity contribution in [2.24, 2.45) is 0 Å². The molecule has 0 bridgehead atoms. The number of hydrogen-bond donors (Lipinski definition) is 2. The lowest BCUT2D eigenvalue weighted by Gasteiger charge is -2.24. The van der Waals surface area contributed by atoms with Gasteiger partial charge in [-0.05, 0) is 80.8 Å². The number of aryl methyl sites for hydroxylation is 1. The zero-order valence-electron chi connectivity index (χ0n) is 20.2. The van der Waals surface area contributed by atoms with E-state index < -0.39 is 5.60 Å². The summed E-state index contributed by atoms with van der Waals surface area (Å²) in [5.74, 6) is 0.879. The average Bonchev–Trinajstić information content (AvgIpc) is 3.68. The van der Waals surface area contributed by atoms with Crippen LogP contribution in [0.2, 0.25) is 0 Å². The fourth-order valence-corrected chi connectivity index (χ4v) is 3.63.